The molecule has 2 fully saturated rings. The molecule has 3 aliphatic rings. The highest BCUT2D eigenvalue weighted by atomic mass is 35.5. The predicted octanol–water partition coefficient (Wildman–Crippen LogP) is 3.62. The molecule has 4 rings (SSSR count). The van der Waals surface area contributed by atoms with E-state index in [1.807, 2.05) is 0 Å². The van der Waals surface area contributed by atoms with Crippen LogP contribution in [0.15, 0.2) is 24.5 Å². The number of sulfonamides is 1. The van der Waals surface area contributed by atoms with E-state index in [-0.39, 0.29) is 5.25 Å². The summed E-state index contributed by atoms with van der Waals surface area (Å²) in [6.07, 6.45) is 12.0. The highest BCUT2D eigenvalue weighted by Gasteiger charge is 2.35. The van der Waals surface area contributed by atoms with E-state index >= 15 is 0 Å². The summed E-state index contributed by atoms with van der Waals surface area (Å²) in [5.41, 5.74) is 0. The highest BCUT2D eigenvalue weighted by Crippen LogP contribution is 2.38. The minimum atomic E-state index is -3.13. The van der Waals surface area contributed by atoms with Gasteiger partial charge in [-0.25, -0.2) is 22.7 Å². The van der Waals surface area contributed by atoms with Crippen LogP contribution in [0.1, 0.15) is 39.5 Å². The monoisotopic (exact) mass is 482 g/mol. The molecule has 178 valence electrons. The normalized spacial score (nSPS) is 25.9. The molecule has 0 radical (unpaired) electrons. The summed E-state index contributed by atoms with van der Waals surface area (Å²) in [5, 5.41) is 0.223. The average molecular weight is 483 g/mol. The van der Waals surface area contributed by atoms with Crippen molar-refractivity contribution in [3.05, 3.63) is 29.6 Å². The van der Waals surface area contributed by atoms with Crippen molar-refractivity contribution in [2.45, 2.75) is 44.8 Å². The molecule has 1 aromatic rings. The number of halogens is 1. The van der Waals surface area contributed by atoms with Crippen LogP contribution in [0.5, 0.6) is 0 Å². The van der Waals surface area contributed by atoms with E-state index in [1.54, 1.807) is 30.5 Å². The molecule has 1 aliphatic carbocycles. The summed E-state index contributed by atoms with van der Waals surface area (Å²) in [6, 6.07) is 0. The van der Waals surface area contributed by atoms with E-state index in [0.717, 1.165) is 57.9 Å². The van der Waals surface area contributed by atoms with E-state index in [4.69, 9.17) is 16.3 Å². The largest absolute Gasteiger partial charge is 0.381 e. The third-order valence-electron chi connectivity index (χ3n) is 7.24. The molecule has 7 nitrogen and oxygen atoms in total. The van der Waals surface area contributed by atoms with Crippen LogP contribution in [0.25, 0.3) is 0 Å². The van der Waals surface area contributed by atoms with Gasteiger partial charge in [-0.05, 0) is 57.3 Å². The number of hydrogen-bond acceptors (Lipinski definition) is 6. The number of hydrogen-bond donors (Lipinski definition) is 0. The van der Waals surface area contributed by atoms with Gasteiger partial charge in [0.1, 0.15) is 0 Å². The molecule has 32 heavy (non-hydrogen) atoms. The van der Waals surface area contributed by atoms with Gasteiger partial charge in [0.2, 0.25) is 16.0 Å². The van der Waals surface area contributed by atoms with Crippen LogP contribution in [-0.4, -0.2) is 67.3 Å². The molecule has 2 unspecified atom stereocenters. The Kier molecular flexibility index (Phi) is 7.75. The number of allylic oxidation sites excluding steroid dienone is 1. The van der Waals surface area contributed by atoms with Crippen LogP contribution < -0.4 is 4.90 Å². The van der Waals surface area contributed by atoms with Gasteiger partial charge in [0.05, 0.1) is 29.3 Å². The molecule has 2 atom stereocenters. The lowest BCUT2D eigenvalue weighted by molar-refractivity contribution is 0.0434. The Morgan fingerprint density at radius 2 is 1.69 bits per heavy atom. The fourth-order valence-corrected chi connectivity index (χ4v) is 6.44. The second kappa shape index (κ2) is 10.4. The Hall–Kier alpha value is -1.22. The molecule has 9 heteroatoms. The van der Waals surface area contributed by atoms with Gasteiger partial charge >= 0.3 is 0 Å². The fourth-order valence-electron chi connectivity index (χ4n) is 5.02. The van der Waals surface area contributed by atoms with Crippen molar-refractivity contribution in [2.75, 3.05) is 44.3 Å². The van der Waals surface area contributed by atoms with Crippen molar-refractivity contribution in [3.8, 4) is 0 Å². The Balaban J connectivity index is 1.15. The summed E-state index contributed by atoms with van der Waals surface area (Å²) in [5.74, 6) is 3.01. The van der Waals surface area contributed by atoms with Gasteiger partial charge in [0.25, 0.3) is 0 Å². The zero-order valence-corrected chi connectivity index (χ0v) is 20.6. The molecule has 0 spiro atoms. The fraction of sp³-hybridized carbons (Fsp3) is 0.739. The van der Waals surface area contributed by atoms with Crippen molar-refractivity contribution < 1.29 is 13.2 Å². The Labute approximate surface area is 197 Å². The Bertz CT molecular complexity index is 877. The van der Waals surface area contributed by atoms with Gasteiger partial charge in [0, 0.05) is 38.7 Å². The molecule has 0 aromatic carbocycles. The number of piperidine rings is 2. The third kappa shape index (κ3) is 5.46. The van der Waals surface area contributed by atoms with Crippen LogP contribution in [0.4, 0.5) is 5.95 Å². The summed E-state index contributed by atoms with van der Waals surface area (Å²) in [6.45, 7) is 8.20. The number of nitrogens with zero attached hydrogens (tertiary/aromatic N) is 4. The summed E-state index contributed by atoms with van der Waals surface area (Å²) in [4.78, 5) is 10.9. The first-order chi connectivity index (χ1) is 15.3. The molecular formula is C23H35ClN4O3S. The minimum absolute atomic E-state index is 0.344. The van der Waals surface area contributed by atoms with Crippen molar-refractivity contribution in [1.82, 2.24) is 14.3 Å². The number of ether oxygens (including phenoxy) is 1. The van der Waals surface area contributed by atoms with Gasteiger partial charge in [0.15, 0.2) is 0 Å². The molecule has 2 aliphatic heterocycles. The topological polar surface area (TPSA) is 75.6 Å². The Morgan fingerprint density at radius 3 is 2.25 bits per heavy atom. The minimum Gasteiger partial charge on any atom is -0.381 e. The maximum atomic E-state index is 12.3. The first-order valence-electron chi connectivity index (χ1n) is 11.8. The van der Waals surface area contributed by atoms with E-state index in [9.17, 15) is 8.42 Å². The van der Waals surface area contributed by atoms with Crippen LogP contribution in [0.3, 0.4) is 0 Å². The molecule has 2 saturated heterocycles. The lowest BCUT2D eigenvalue weighted by Crippen LogP contribution is -2.43. The second-order valence-electron chi connectivity index (χ2n) is 9.63. The van der Waals surface area contributed by atoms with Gasteiger partial charge < -0.3 is 9.64 Å². The predicted molar refractivity (Wildman–Crippen MR) is 127 cm³/mol. The quantitative estimate of drug-likeness (QED) is 0.527. The van der Waals surface area contributed by atoms with E-state index in [2.05, 4.69) is 27.0 Å². The first-order valence-corrected chi connectivity index (χ1v) is 13.7. The van der Waals surface area contributed by atoms with Crippen LogP contribution in [0, 0.1) is 23.7 Å². The summed E-state index contributed by atoms with van der Waals surface area (Å²) < 4.78 is 32.4. The number of aromatic nitrogens is 2. The SMILES string of the molecule is CC(C)S(=O)(=O)N1CCC(COCC2C=CC2C2CCN(c3ncc(Cl)cn3)CC2)CC1. The Morgan fingerprint density at radius 1 is 1.03 bits per heavy atom. The van der Waals surface area contributed by atoms with Crippen LogP contribution in [-0.2, 0) is 14.8 Å². The van der Waals surface area contributed by atoms with E-state index in [1.165, 1.54) is 0 Å². The molecule has 0 amide bonds. The molecule has 3 heterocycles. The summed E-state index contributed by atoms with van der Waals surface area (Å²) in [7, 11) is -3.13. The second-order valence-corrected chi connectivity index (χ2v) is 12.6. The molecule has 0 bridgehead atoms. The molecular weight excluding hydrogens is 448 g/mol. The van der Waals surface area contributed by atoms with Gasteiger partial charge in [-0.1, -0.05) is 23.8 Å². The van der Waals surface area contributed by atoms with Gasteiger partial charge in [-0.2, -0.15) is 0 Å². The number of rotatable bonds is 8. The van der Waals surface area contributed by atoms with Crippen molar-refractivity contribution in [2.24, 2.45) is 23.7 Å². The average Bonchev–Trinajstić information content (AvgIpc) is 2.77. The molecule has 0 N–H and O–H groups in total. The van der Waals surface area contributed by atoms with Crippen molar-refractivity contribution in [1.29, 1.82) is 0 Å². The molecule has 1 aromatic heterocycles. The maximum Gasteiger partial charge on any atom is 0.225 e. The van der Waals surface area contributed by atoms with Crippen molar-refractivity contribution >= 4 is 27.6 Å². The van der Waals surface area contributed by atoms with Gasteiger partial charge in [-0.3, -0.25) is 0 Å². The smallest absolute Gasteiger partial charge is 0.225 e. The lowest BCUT2D eigenvalue weighted by atomic mass is 9.71. The zero-order valence-electron chi connectivity index (χ0n) is 19.1. The zero-order chi connectivity index (χ0) is 22.7. The highest BCUT2D eigenvalue weighted by molar-refractivity contribution is 7.89. The standard InChI is InChI=1S/C23H35ClN4O3S/c1-17(2)32(29,30)28-11-5-18(6-12-28)15-31-16-20-3-4-22(20)19-7-9-27(10-8-19)23-25-13-21(24)14-26-23/h3-4,13-14,17-20,22H,5-12,15-16H2,1-2H3. The van der Waals surface area contributed by atoms with Crippen molar-refractivity contribution in [3.63, 3.8) is 0 Å². The lowest BCUT2D eigenvalue weighted by Gasteiger charge is -2.41. The maximum absolute atomic E-state index is 12.3. The third-order valence-corrected chi connectivity index (χ3v) is 9.71. The van der Waals surface area contributed by atoms with Crippen LogP contribution >= 0.6 is 11.6 Å². The van der Waals surface area contributed by atoms with Crippen LogP contribution in [0.2, 0.25) is 5.02 Å². The molecule has 0 saturated carbocycles. The first kappa shape index (κ1) is 23.9. The van der Waals surface area contributed by atoms with Gasteiger partial charge in [-0.15, -0.1) is 0 Å². The summed E-state index contributed by atoms with van der Waals surface area (Å²) >= 11 is 5.90. The van der Waals surface area contributed by atoms with E-state index in [0.29, 0.717) is 41.8 Å². The van der Waals surface area contributed by atoms with E-state index < -0.39 is 10.0 Å². The number of anilines is 1.